The normalized spacial score (nSPS) is 12.1. The van der Waals surface area contributed by atoms with E-state index < -0.39 is 5.97 Å². The average molecular weight is 225 g/mol. The van der Waals surface area contributed by atoms with Gasteiger partial charge in [0.25, 0.3) is 0 Å². The topological polar surface area (TPSA) is 68.0 Å². The Labute approximate surface area is 95.5 Å². The van der Waals surface area contributed by atoms with Crippen LogP contribution in [0.1, 0.15) is 50.8 Å². The van der Waals surface area contributed by atoms with Crippen molar-refractivity contribution >= 4 is 5.97 Å². The molecule has 1 aromatic rings. The van der Waals surface area contributed by atoms with Crippen LogP contribution < -0.4 is 0 Å². The Kier molecular flexibility index (Phi) is 3.35. The van der Waals surface area contributed by atoms with Gasteiger partial charge in [-0.15, -0.1) is 5.10 Å². The third-order valence-electron chi connectivity index (χ3n) is 2.19. The minimum absolute atomic E-state index is 0.0631. The predicted octanol–water partition coefficient (Wildman–Crippen LogP) is 1.93. The van der Waals surface area contributed by atoms with Gasteiger partial charge in [-0.3, -0.25) is 0 Å². The van der Waals surface area contributed by atoms with Crippen LogP contribution in [0.3, 0.4) is 0 Å². The highest BCUT2D eigenvalue weighted by atomic mass is 16.4. The summed E-state index contributed by atoms with van der Waals surface area (Å²) in [6, 6.07) is 0. The molecule has 1 heterocycles. The van der Waals surface area contributed by atoms with Crippen LogP contribution in [0.15, 0.2) is 0 Å². The van der Waals surface area contributed by atoms with Crippen LogP contribution in [0.4, 0.5) is 0 Å². The first-order valence-electron chi connectivity index (χ1n) is 5.40. The molecule has 0 radical (unpaired) electrons. The number of hydrogen-bond donors (Lipinski definition) is 1. The van der Waals surface area contributed by atoms with E-state index in [1.165, 1.54) is 0 Å². The minimum atomic E-state index is -1.01. The zero-order chi connectivity index (χ0) is 12.5. The fraction of sp³-hybridized carbons (Fsp3) is 0.727. The summed E-state index contributed by atoms with van der Waals surface area (Å²) in [5, 5.41) is 16.7. The molecule has 0 aromatic carbocycles. The third-order valence-corrected chi connectivity index (χ3v) is 2.19. The first-order valence-corrected chi connectivity index (χ1v) is 5.40. The molecule has 0 bridgehead atoms. The van der Waals surface area contributed by atoms with Gasteiger partial charge in [0.05, 0.1) is 5.69 Å². The molecule has 0 spiro atoms. The zero-order valence-electron chi connectivity index (χ0n) is 10.5. The number of aromatic carboxylic acids is 1. The van der Waals surface area contributed by atoms with Crippen molar-refractivity contribution in [1.82, 2.24) is 15.0 Å². The maximum absolute atomic E-state index is 11.1. The highest BCUT2D eigenvalue weighted by molar-refractivity contribution is 5.86. The second-order valence-electron chi connectivity index (χ2n) is 5.42. The Morgan fingerprint density at radius 2 is 2.00 bits per heavy atom. The summed E-state index contributed by atoms with van der Waals surface area (Å²) < 4.78 is 1.70. The lowest BCUT2D eigenvalue weighted by Gasteiger charge is -2.21. The van der Waals surface area contributed by atoms with Gasteiger partial charge in [0.1, 0.15) is 0 Å². The molecule has 0 unspecified atom stereocenters. The van der Waals surface area contributed by atoms with Gasteiger partial charge in [-0.2, -0.15) is 0 Å². The molecule has 1 aromatic heterocycles. The van der Waals surface area contributed by atoms with Crippen molar-refractivity contribution in [2.45, 2.75) is 46.6 Å². The van der Waals surface area contributed by atoms with Crippen molar-refractivity contribution in [2.24, 2.45) is 5.92 Å². The number of carboxylic acid groups (broad SMARTS) is 1. The summed E-state index contributed by atoms with van der Waals surface area (Å²) in [4.78, 5) is 11.1. The van der Waals surface area contributed by atoms with Gasteiger partial charge in [0, 0.05) is 12.0 Å². The van der Waals surface area contributed by atoms with Crippen molar-refractivity contribution in [2.75, 3.05) is 0 Å². The van der Waals surface area contributed by atoms with E-state index in [2.05, 4.69) is 24.2 Å². The molecule has 0 amide bonds. The Morgan fingerprint density at radius 3 is 2.38 bits per heavy atom. The quantitative estimate of drug-likeness (QED) is 0.853. The lowest BCUT2D eigenvalue weighted by Crippen LogP contribution is -2.23. The summed E-state index contributed by atoms with van der Waals surface area (Å²) in [5.41, 5.74) is 0.480. The average Bonchev–Trinajstić information content (AvgIpc) is 2.45. The Hall–Kier alpha value is -1.39. The lowest BCUT2D eigenvalue weighted by molar-refractivity contribution is 0.0687. The summed E-state index contributed by atoms with van der Waals surface area (Å²) in [6.07, 6.45) is 0. The van der Waals surface area contributed by atoms with Gasteiger partial charge in [0.15, 0.2) is 5.69 Å². The van der Waals surface area contributed by atoms with Crippen LogP contribution >= 0.6 is 0 Å². The molecule has 16 heavy (non-hydrogen) atoms. The van der Waals surface area contributed by atoms with Crippen molar-refractivity contribution < 1.29 is 9.90 Å². The SMILES string of the molecule is CC(C)Cn1nnc(C(=O)O)c1C(C)(C)C. The molecule has 0 saturated carbocycles. The molecule has 0 saturated heterocycles. The molecule has 0 aliphatic rings. The smallest absolute Gasteiger partial charge is 0.358 e. The van der Waals surface area contributed by atoms with Crippen LogP contribution in [0, 0.1) is 5.92 Å². The van der Waals surface area contributed by atoms with Crippen molar-refractivity contribution in [3.63, 3.8) is 0 Å². The zero-order valence-corrected chi connectivity index (χ0v) is 10.5. The second-order valence-corrected chi connectivity index (χ2v) is 5.42. The second kappa shape index (κ2) is 4.23. The maximum Gasteiger partial charge on any atom is 0.358 e. The van der Waals surface area contributed by atoms with E-state index in [1.807, 2.05) is 20.8 Å². The van der Waals surface area contributed by atoms with E-state index >= 15 is 0 Å². The molecule has 0 atom stereocenters. The van der Waals surface area contributed by atoms with Gasteiger partial charge in [-0.05, 0) is 5.92 Å². The van der Waals surface area contributed by atoms with Gasteiger partial charge < -0.3 is 5.11 Å². The molecule has 0 aliphatic carbocycles. The fourth-order valence-electron chi connectivity index (χ4n) is 1.67. The number of carboxylic acids is 1. The van der Waals surface area contributed by atoms with Gasteiger partial charge >= 0.3 is 5.97 Å². The van der Waals surface area contributed by atoms with Crippen LogP contribution in [0.25, 0.3) is 0 Å². The number of hydrogen-bond acceptors (Lipinski definition) is 3. The highest BCUT2D eigenvalue weighted by Gasteiger charge is 2.28. The lowest BCUT2D eigenvalue weighted by atomic mass is 9.90. The summed E-state index contributed by atoms with van der Waals surface area (Å²) in [7, 11) is 0. The van der Waals surface area contributed by atoms with E-state index in [9.17, 15) is 4.79 Å². The van der Waals surface area contributed by atoms with E-state index in [-0.39, 0.29) is 11.1 Å². The van der Waals surface area contributed by atoms with E-state index in [0.717, 1.165) is 0 Å². The summed E-state index contributed by atoms with van der Waals surface area (Å²) in [5.74, 6) is -0.607. The Morgan fingerprint density at radius 1 is 1.44 bits per heavy atom. The molecule has 5 heteroatoms. The van der Waals surface area contributed by atoms with Crippen LogP contribution in [0.2, 0.25) is 0 Å². The molecule has 0 fully saturated rings. The van der Waals surface area contributed by atoms with Crippen LogP contribution in [-0.4, -0.2) is 26.1 Å². The largest absolute Gasteiger partial charge is 0.476 e. The van der Waals surface area contributed by atoms with Gasteiger partial charge in [-0.25, -0.2) is 9.48 Å². The summed E-state index contributed by atoms with van der Waals surface area (Å²) >= 11 is 0. The standard InChI is InChI=1S/C11H19N3O2/c1-7(2)6-14-9(11(3,4)5)8(10(15)16)12-13-14/h7H,6H2,1-5H3,(H,15,16). The number of aromatic nitrogens is 3. The fourth-order valence-corrected chi connectivity index (χ4v) is 1.67. The maximum atomic E-state index is 11.1. The molecule has 1 rings (SSSR count). The number of rotatable bonds is 3. The molecule has 1 N–H and O–H groups in total. The first-order chi connectivity index (χ1) is 7.23. The minimum Gasteiger partial charge on any atom is -0.476 e. The predicted molar refractivity (Wildman–Crippen MR) is 60.5 cm³/mol. The van der Waals surface area contributed by atoms with E-state index in [4.69, 9.17) is 5.11 Å². The van der Waals surface area contributed by atoms with Crippen molar-refractivity contribution in [1.29, 1.82) is 0 Å². The molecule has 5 nitrogen and oxygen atoms in total. The third kappa shape index (κ3) is 2.59. The molecular weight excluding hydrogens is 206 g/mol. The van der Waals surface area contributed by atoms with Crippen LogP contribution in [-0.2, 0) is 12.0 Å². The molecule has 0 aliphatic heterocycles. The monoisotopic (exact) mass is 225 g/mol. The van der Waals surface area contributed by atoms with E-state index in [1.54, 1.807) is 4.68 Å². The van der Waals surface area contributed by atoms with Crippen molar-refractivity contribution in [3.05, 3.63) is 11.4 Å². The number of nitrogens with zero attached hydrogens (tertiary/aromatic N) is 3. The number of carbonyl (C=O) groups is 1. The summed E-state index contributed by atoms with van der Waals surface area (Å²) in [6.45, 7) is 10.7. The van der Waals surface area contributed by atoms with Crippen molar-refractivity contribution in [3.8, 4) is 0 Å². The Balaban J connectivity index is 3.25. The van der Waals surface area contributed by atoms with E-state index in [0.29, 0.717) is 18.2 Å². The highest BCUT2D eigenvalue weighted by Crippen LogP contribution is 2.25. The van der Waals surface area contributed by atoms with Crippen LogP contribution in [0.5, 0.6) is 0 Å². The Bertz CT molecular complexity index is 388. The van der Waals surface area contributed by atoms with Gasteiger partial charge in [0.2, 0.25) is 0 Å². The first kappa shape index (κ1) is 12.7. The van der Waals surface area contributed by atoms with Gasteiger partial charge in [-0.1, -0.05) is 39.8 Å². The molecular formula is C11H19N3O2. The molecule has 90 valence electrons.